The van der Waals surface area contributed by atoms with Crippen molar-refractivity contribution < 1.29 is 9.50 Å². The summed E-state index contributed by atoms with van der Waals surface area (Å²) < 4.78 is 15.0. The number of hydrogen-bond acceptors (Lipinski definition) is 2. The van der Waals surface area contributed by atoms with E-state index in [-0.39, 0.29) is 30.2 Å². The van der Waals surface area contributed by atoms with Crippen LogP contribution in [-0.2, 0) is 6.42 Å². The summed E-state index contributed by atoms with van der Waals surface area (Å²) in [5.41, 5.74) is 1.14. The van der Waals surface area contributed by atoms with Crippen LogP contribution < -0.4 is 5.56 Å². The molecule has 19 heavy (non-hydrogen) atoms. The monoisotopic (exact) mass is 264 g/mol. The average molecular weight is 264 g/mol. The van der Waals surface area contributed by atoms with E-state index in [0.29, 0.717) is 5.56 Å². The Hall–Kier alpha value is -1.88. The van der Waals surface area contributed by atoms with Gasteiger partial charge < -0.3 is 5.11 Å². The lowest BCUT2D eigenvalue weighted by atomic mass is 10.0. The van der Waals surface area contributed by atoms with Gasteiger partial charge in [0.25, 0.3) is 5.56 Å². The van der Waals surface area contributed by atoms with Gasteiger partial charge in [-0.1, -0.05) is 26.0 Å². The van der Waals surface area contributed by atoms with Crippen LogP contribution in [0, 0.1) is 5.82 Å². The Kier molecular flexibility index (Phi) is 3.85. The van der Waals surface area contributed by atoms with E-state index >= 15 is 0 Å². The highest BCUT2D eigenvalue weighted by Gasteiger charge is 2.18. The predicted molar refractivity (Wildman–Crippen MR) is 71.2 cm³/mol. The number of aliphatic hydroxyl groups is 1. The van der Waals surface area contributed by atoms with Crippen molar-refractivity contribution in [1.29, 1.82) is 0 Å². The Labute approximate surface area is 110 Å². The fourth-order valence-electron chi connectivity index (χ4n) is 2.12. The van der Waals surface area contributed by atoms with E-state index in [2.05, 4.69) is 5.10 Å². The summed E-state index contributed by atoms with van der Waals surface area (Å²) in [7, 11) is 0. The van der Waals surface area contributed by atoms with Gasteiger partial charge in [0, 0.05) is 24.3 Å². The number of rotatable bonds is 4. The van der Waals surface area contributed by atoms with Crippen LogP contribution in [0.3, 0.4) is 0 Å². The number of benzene rings is 1. The van der Waals surface area contributed by atoms with Crippen LogP contribution in [-0.4, -0.2) is 21.5 Å². The Morgan fingerprint density at radius 3 is 2.63 bits per heavy atom. The molecule has 4 nitrogen and oxygen atoms in total. The molecule has 1 heterocycles. The summed E-state index contributed by atoms with van der Waals surface area (Å²) in [4.78, 5) is 12.3. The topological polar surface area (TPSA) is 58.0 Å². The SMILES string of the molecule is CC(C)c1[nH]n(-c2ccccc2F)c(=O)c1CCO. The van der Waals surface area contributed by atoms with E-state index in [1.165, 1.54) is 10.7 Å². The van der Waals surface area contributed by atoms with E-state index in [1.807, 2.05) is 13.8 Å². The van der Waals surface area contributed by atoms with Gasteiger partial charge in [-0.25, -0.2) is 9.07 Å². The van der Waals surface area contributed by atoms with Gasteiger partial charge in [-0.3, -0.25) is 9.89 Å². The molecule has 0 saturated carbocycles. The second kappa shape index (κ2) is 5.40. The molecule has 0 aliphatic heterocycles. The summed E-state index contributed by atoms with van der Waals surface area (Å²) in [5.74, 6) is -0.362. The van der Waals surface area contributed by atoms with E-state index in [0.717, 1.165) is 5.69 Å². The third-order valence-corrected chi connectivity index (χ3v) is 3.05. The molecule has 1 aromatic heterocycles. The molecule has 0 atom stereocenters. The Morgan fingerprint density at radius 1 is 1.37 bits per heavy atom. The number of aromatic amines is 1. The third-order valence-electron chi connectivity index (χ3n) is 3.05. The van der Waals surface area contributed by atoms with Crippen molar-refractivity contribution in [3.63, 3.8) is 0 Å². The van der Waals surface area contributed by atoms with Gasteiger partial charge in [0.1, 0.15) is 11.5 Å². The summed E-state index contributed by atoms with van der Waals surface area (Å²) in [5, 5.41) is 12.0. The maximum Gasteiger partial charge on any atom is 0.274 e. The number of nitrogens with one attached hydrogen (secondary N) is 1. The number of aliphatic hydroxyl groups excluding tert-OH is 1. The van der Waals surface area contributed by atoms with Crippen LogP contribution in [0.15, 0.2) is 29.1 Å². The zero-order chi connectivity index (χ0) is 14.0. The zero-order valence-electron chi connectivity index (χ0n) is 11.0. The molecule has 2 N–H and O–H groups in total. The molecule has 0 fully saturated rings. The van der Waals surface area contributed by atoms with Crippen LogP contribution in [0.25, 0.3) is 5.69 Å². The largest absolute Gasteiger partial charge is 0.396 e. The molecular formula is C14H17FN2O2. The lowest BCUT2D eigenvalue weighted by molar-refractivity contribution is 0.299. The van der Waals surface area contributed by atoms with Crippen molar-refractivity contribution in [2.24, 2.45) is 0 Å². The van der Waals surface area contributed by atoms with Crippen molar-refractivity contribution in [2.45, 2.75) is 26.2 Å². The molecule has 1 aromatic carbocycles. The van der Waals surface area contributed by atoms with E-state index in [9.17, 15) is 9.18 Å². The number of para-hydroxylation sites is 1. The molecule has 0 radical (unpaired) electrons. The van der Waals surface area contributed by atoms with Gasteiger partial charge in [-0.2, -0.15) is 0 Å². The second-order valence-electron chi connectivity index (χ2n) is 4.72. The second-order valence-corrected chi connectivity index (χ2v) is 4.72. The Bertz CT molecular complexity index is 629. The highest BCUT2D eigenvalue weighted by Crippen LogP contribution is 2.18. The Balaban J connectivity index is 2.63. The summed E-state index contributed by atoms with van der Waals surface area (Å²) in [6, 6.07) is 6.10. The first kappa shape index (κ1) is 13.5. The number of halogens is 1. The number of aromatic nitrogens is 2. The first-order valence-corrected chi connectivity index (χ1v) is 6.25. The normalized spacial score (nSPS) is 11.2. The predicted octanol–water partition coefficient (Wildman–Crippen LogP) is 1.96. The fraction of sp³-hybridized carbons (Fsp3) is 0.357. The lowest BCUT2D eigenvalue weighted by Crippen LogP contribution is -2.19. The average Bonchev–Trinajstić information content (AvgIpc) is 2.69. The number of hydrogen-bond donors (Lipinski definition) is 2. The van der Waals surface area contributed by atoms with Gasteiger partial charge >= 0.3 is 0 Å². The minimum atomic E-state index is -0.461. The van der Waals surface area contributed by atoms with Gasteiger partial charge in [0.2, 0.25) is 0 Å². The molecule has 0 saturated heterocycles. The first-order valence-electron chi connectivity index (χ1n) is 6.25. The van der Waals surface area contributed by atoms with Crippen molar-refractivity contribution in [2.75, 3.05) is 6.61 Å². The van der Waals surface area contributed by atoms with E-state index in [4.69, 9.17) is 5.11 Å². The maximum atomic E-state index is 13.8. The minimum absolute atomic E-state index is 0.0993. The van der Waals surface area contributed by atoms with Crippen LogP contribution in [0.4, 0.5) is 4.39 Å². The highest BCUT2D eigenvalue weighted by molar-refractivity contribution is 5.35. The van der Waals surface area contributed by atoms with Crippen LogP contribution in [0.1, 0.15) is 31.0 Å². The van der Waals surface area contributed by atoms with Gasteiger partial charge in [0.05, 0.1) is 0 Å². The van der Waals surface area contributed by atoms with Crippen molar-refractivity contribution in [1.82, 2.24) is 9.78 Å². The van der Waals surface area contributed by atoms with Gasteiger partial charge in [-0.15, -0.1) is 0 Å². The van der Waals surface area contributed by atoms with Crippen LogP contribution >= 0.6 is 0 Å². The molecule has 0 aliphatic rings. The molecule has 2 rings (SSSR count). The van der Waals surface area contributed by atoms with E-state index < -0.39 is 5.82 Å². The number of nitrogens with zero attached hydrogens (tertiary/aromatic N) is 1. The van der Waals surface area contributed by atoms with Gasteiger partial charge in [-0.05, 0) is 18.1 Å². The molecule has 0 aliphatic carbocycles. The van der Waals surface area contributed by atoms with Crippen molar-refractivity contribution >= 4 is 0 Å². The standard InChI is InChI=1S/C14H17FN2O2/c1-9(2)13-10(7-8-18)14(19)17(16-13)12-6-4-3-5-11(12)15/h3-6,9,16,18H,7-8H2,1-2H3. The molecule has 5 heteroatoms. The van der Waals surface area contributed by atoms with Crippen LogP contribution in [0.5, 0.6) is 0 Å². The van der Waals surface area contributed by atoms with Crippen molar-refractivity contribution in [3.8, 4) is 5.69 Å². The van der Waals surface area contributed by atoms with Crippen molar-refractivity contribution in [3.05, 3.63) is 51.7 Å². The third kappa shape index (κ3) is 2.46. The zero-order valence-corrected chi connectivity index (χ0v) is 11.0. The molecule has 0 unspecified atom stereocenters. The minimum Gasteiger partial charge on any atom is -0.396 e. The lowest BCUT2D eigenvalue weighted by Gasteiger charge is -2.05. The highest BCUT2D eigenvalue weighted by atomic mass is 19.1. The maximum absolute atomic E-state index is 13.8. The molecule has 102 valence electrons. The Morgan fingerprint density at radius 2 is 2.05 bits per heavy atom. The molecule has 0 bridgehead atoms. The molecule has 0 amide bonds. The first-order chi connectivity index (χ1) is 9.06. The number of H-pyrrole nitrogens is 1. The smallest absolute Gasteiger partial charge is 0.274 e. The van der Waals surface area contributed by atoms with Crippen LogP contribution in [0.2, 0.25) is 0 Å². The summed E-state index contributed by atoms with van der Waals surface area (Å²) >= 11 is 0. The van der Waals surface area contributed by atoms with E-state index in [1.54, 1.807) is 18.2 Å². The molecule has 0 spiro atoms. The molecular weight excluding hydrogens is 247 g/mol. The molecule has 2 aromatic rings. The summed E-state index contributed by atoms with van der Waals surface area (Å²) in [6.07, 6.45) is 0.268. The fourth-order valence-corrected chi connectivity index (χ4v) is 2.12. The van der Waals surface area contributed by atoms with Gasteiger partial charge in [0.15, 0.2) is 0 Å². The quantitative estimate of drug-likeness (QED) is 0.887. The summed E-state index contributed by atoms with van der Waals surface area (Å²) in [6.45, 7) is 3.78.